The van der Waals surface area contributed by atoms with E-state index in [1.807, 2.05) is 12.1 Å². The van der Waals surface area contributed by atoms with Gasteiger partial charge in [-0.15, -0.1) is 10.2 Å². The molecule has 2 aliphatic rings. The van der Waals surface area contributed by atoms with E-state index in [2.05, 4.69) is 10.2 Å². The van der Waals surface area contributed by atoms with Gasteiger partial charge in [0.1, 0.15) is 10.8 Å². The van der Waals surface area contributed by atoms with E-state index in [1.54, 1.807) is 21.9 Å². The first-order valence-electron chi connectivity index (χ1n) is 12.1. The van der Waals surface area contributed by atoms with E-state index >= 15 is 0 Å². The van der Waals surface area contributed by atoms with Crippen molar-refractivity contribution in [1.29, 1.82) is 0 Å². The van der Waals surface area contributed by atoms with Crippen molar-refractivity contribution in [3.63, 3.8) is 0 Å². The maximum absolute atomic E-state index is 13.0. The molecular weight excluding hydrogens is 488 g/mol. The fourth-order valence-corrected chi connectivity index (χ4v) is 6.22. The van der Waals surface area contributed by atoms with Gasteiger partial charge in [-0.2, -0.15) is 0 Å². The van der Waals surface area contributed by atoms with Gasteiger partial charge in [0, 0.05) is 38.0 Å². The zero-order chi connectivity index (χ0) is 24.8. The van der Waals surface area contributed by atoms with Crippen LogP contribution in [0.2, 0.25) is 0 Å². The minimum Gasteiger partial charge on any atom is -0.494 e. The number of benzene rings is 1. The smallest absolute Gasteiger partial charge is 0.254 e. The second-order valence-corrected chi connectivity index (χ2v) is 12.5. The standard InChI is InChI=1S/C24H32N4O5S2/c1-35(31,32)24-26-25-21(34-24)17-22(29)27-11-13-28(14-12-27)23(30)19-8-5-9-20(16-19)33-15-10-18-6-3-2-4-7-18/h5,8-9,16,18H,2-4,6-7,10-15,17H2,1H3. The normalized spacial score (nSPS) is 17.4. The molecule has 2 fully saturated rings. The Hall–Kier alpha value is -2.53. The molecule has 1 aromatic carbocycles. The fraction of sp³-hybridized carbons (Fsp3) is 0.583. The Morgan fingerprint density at radius 3 is 2.46 bits per heavy atom. The molecule has 1 aromatic heterocycles. The first kappa shape index (κ1) is 25.6. The van der Waals surface area contributed by atoms with Gasteiger partial charge in [-0.25, -0.2) is 8.42 Å². The molecule has 0 unspecified atom stereocenters. The van der Waals surface area contributed by atoms with Crippen LogP contribution in [0, 0.1) is 5.92 Å². The van der Waals surface area contributed by atoms with Gasteiger partial charge in [-0.3, -0.25) is 9.59 Å². The summed E-state index contributed by atoms with van der Waals surface area (Å²) in [5, 5.41) is 7.84. The molecular formula is C24H32N4O5S2. The van der Waals surface area contributed by atoms with Crippen LogP contribution in [0.1, 0.15) is 53.9 Å². The Morgan fingerprint density at radius 2 is 1.77 bits per heavy atom. The van der Waals surface area contributed by atoms with Crippen LogP contribution in [0.25, 0.3) is 0 Å². The van der Waals surface area contributed by atoms with Gasteiger partial charge >= 0.3 is 0 Å². The van der Waals surface area contributed by atoms with Crippen molar-refractivity contribution in [2.24, 2.45) is 5.92 Å². The third kappa shape index (κ3) is 7.00. The average molecular weight is 521 g/mol. The molecule has 0 radical (unpaired) electrons. The maximum Gasteiger partial charge on any atom is 0.254 e. The molecule has 2 heterocycles. The lowest BCUT2D eigenvalue weighted by Gasteiger charge is -2.34. The van der Waals surface area contributed by atoms with Crippen molar-refractivity contribution >= 4 is 33.0 Å². The number of nitrogens with zero attached hydrogens (tertiary/aromatic N) is 4. The van der Waals surface area contributed by atoms with Crippen LogP contribution in [-0.4, -0.2) is 79.3 Å². The monoisotopic (exact) mass is 520 g/mol. The Bertz CT molecular complexity index is 1140. The van der Waals surface area contributed by atoms with Crippen LogP contribution in [0.15, 0.2) is 28.6 Å². The van der Waals surface area contributed by atoms with E-state index in [4.69, 9.17) is 4.74 Å². The molecule has 1 aliphatic carbocycles. The molecule has 35 heavy (non-hydrogen) atoms. The van der Waals surface area contributed by atoms with Gasteiger partial charge in [0.15, 0.2) is 0 Å². The zero-order valence-electron chi connectivity index (χ0n) is 20.0. The first-order valence-corrected chi connectivity index (χ1v) is 14.8. The second kappa shape index (κ2) is 11.5. The molecule has 11 heteroatoms. The van der Waals surface area contributed by atoms with Crippen LogP contribution < -0.4 is 4.74 Å². The second-order valence-electron chi connectivity index (χ2n) is 9.25. The lowest BCUT2D eigenvalue weighted by Crippen LogP contribution is -2.51. The number of aromatic nitrogens is 2. The third-order valence-corrected chi connectivity index (χ3v) is 9.18. The molecule has 1 saturated heterocycles. The van der Waals surface area contributed by atoms with Gasteiger partial charge in [0.25, 0.3) is 5.91 Å². The van der Waals surface area contributed by atoms with Crippen molar-refractivity contribution in [3.8, 4) is 5.75 Å². The van der Waals surface area contributed by atoms with Crippen molar-refractivity contribution < 1.29 is 22.7 Å². The number of piperazine rings is 1. The van der Waals surface area contributed by atoms with Gasteiger partial charge in [-0.1, -0.05) is 49.5 Å². The highest BCUT2D eigenvalue weighted by Crippen LogP contribution is 2.26. The summed E-state index contributed by atoms with van der Waals surface area (Å²) in [5.74, 6) is 1.24. The Balaban J connectivity index is 1.25. The van der Waals surface area contributed by atoms with Crippen molar-refractivity contribution in [1.82, 2.24) is 20.0 Å². The van der Waals surface area contributed by atoms with E-state index in [9.17, 15) is 18.0 Å². The summed E-state index contributed by atoms with van der Waals surface area (Å²) in [6.45, 7) is 2.37. The van der Waals surface area contributed by atoms with E-state index in [1.165, 1.54) is 32.1 Å². The van der Waals surface area contributed by atoms with Crippen LogP contribution >= 0.6 is 11.3 Å². The Kier molecular flexibility index (Phi) is 8.38. The molecule has 2 aromatic rings. The van der Waals surface area contributed by atoms with E-state index in [0.29, 0.717) is 49.1 Å². The van der Waals surface area contributed by atoms with E-state index < -0.39 is 9.84 Å². The molecule has 0 spiro atoms. The van der Waals surface area contributed by atoms with Gasteiger partial charge < -0.3 is 14.5 Å². The first-order chi connectivity index (χ1) is 16.8. The quantitative estimate of drug-likeness (QED) is 0.526. The minimum absolute atomic E-state index is 0.00136. The lowest BCUT2D eigenvalue weighted by molar-refractivity contribution is -0.131. The summed E-state index contributed by atoms with van der Waals surface area (Å²) < 4.78 is 29.0. The zero-order valence-corrected chi connectivity index (χ0v) is 21.7. The van der Waals surface area contributed by atoms with Gasteiger partial charge in [0.05, 0.1) is 13.0 Å². The minimum atomic E-state index is -3.43. The van der Waals surface area contributed by atoms with Crippen molar-refractivity contribution in [2.75, 3.05) is 39.0 Å². The molecule has 0 N–H and O–H groups in total. The molecule has 1 saturated carbocycles. The number of carbonyl (C=O) groups is 2. The summed E-state index contributed by atoms with van der Waals surface area (Å²) in [4.78, 5) is 29.1. The summed E-state index contributed by atoms with van der Waals surface area (Å²) in [7, 11) is -3.43. The van der Waals surface area contributed by atoms with Crippen LogP contribution in [0.3, 0.4) is 0 Å². The molecule has 1 aliphatic heterocycles. The highest BCUT2D eigenvalue weighted by molar-refractivity contribution is 7.92. The molecule has 0 atom stereocenters. The molecule has 0 bridgehead atoms. The summed E-state index contributed by atoms with van der Waals surface area (Å²) in [5.41, 5.74) is 0.585. The predicted molar refractivity (Wildman–Crippen MR) is 132 cm³/mol. The number of sulfone groups is 1. The van der Waals surface area contributed by atoms with E-state index in [-0.39, 0.29) is 22.6 Å². The van der Waals surface area contributed by atoms with Gasteiger partial charge in [0.2, 0.25) is 20.1 Å². The SMILES string of the molecule is CS(=O)(=O)c1nnc(CC(=O)N2CCN(C(=O)c3cccc(OCCC4CCCCC4)c3)CC2)s1. The van der Waals surface area contributed by atoms with E-state index in [0.717, 1.165) is 29.9 Å². The summed E-state index contributed by atoms with van der Waals surface area (Å²) in [6.07, 6.45) is 8.69. The Labute approximate surface area is 210 Å². The molecule has 2 amide bonds. The topological polar surface area (TPSA) is 110 Å². The lowest BCUT2D eigenvalue weighted by atomic mass is 9.87. The third-order valence-electron chi connectivity index (χ3n) is 6.59. The number of hydrogen-bond acceptors (Lipinski definition) is 8. The molecule has 4 rings (SSSR count). The average Bonchev–Trinajstić information content (AvgIpc) is 3.34. The highest BCUT2D eigenvalue weighted by atomic mass is 32.2. The number of ether oxygens (including phenoxy) is 1. The number of rotatable bonds is 8. The van der Waals surface area contributed by atoms with Crippen LogP contribution in [-0.2, 0) is 21.1 Å². The number of amides is 2. The van der Waals surface area contributed by atoms with Crippen LogP contribution in [0.4, 0.5) is 0 Å². The van der Waals surface area contributed by atoms with Gasteiger partial charge in [-0.05, 0) is 30.5 Å². The molecule has 9 nitrogen and oxygen atoms in total. The summed E-state index contributed by atoms with van der Waals surface area (Å²) >= 11 is 0.916. The largest absolute Gasteiger partial charge is 0.494 e. The number of hydrogen-bond donors (Lipinski definition) is 0. The highest BCUT2D eigenvalue weighted by Gasteiger charge is 2.26. The maximum atomic E-state index is 13.0. The van der Waals surface area contributed by atoms with Crippen LogP contribution in [0.5, 0.6) is 5.75 Å². The fourth-order valence-electron chi connectivity index (χ4n) is 4.58. The predicted octanol–water partition coefficient (Wildman–Crippen LogP) is 2.82. The Morgan fingerprint density at radius 1 is 1.06 bits per heavy atom. The molecule has 190 valence electrons. The number of carbonyl (C=O) groups excluding carboxylic acids is 2. The van der Waals surface area contributed by atoms with Crippen molar-refractivity contribution in [3.05, 3.63) is 34.8 Å². The summed E-state index contributed by atoms with van der Waals surface area (Å²) in [6, 6.07) is 7.32. The van der Waals surface area contributed by atoms with Crippen molar-refractivity contribution in [2.45, 2.75) is 49.3 Å².